The van der Waals surface area contributed by atoms with E-state index in [1.54, 1.807) is 10.9 Å². The summed E-state index contributed by atoms with van der Waals surface area (Å²) in [4.78, 5) is 15.3. The Morgan fingerprint density at radius 1 is 1.47 bits per heavy atom. The predicted molar refractivity (Wildman–Crippen MR) is 64.0 cm³/mol. The topological polar surface area (TPSA) is 69.9 Å². The quantitative estimate of drug-likeness (QED) is 0.776. The molecule has 100 valence electrons. The molecular weight excluding hydrogens is 251 g/mol. The highest BCUT2D eigenvalue weighted by molar-refractivity contribution is 5.88. The van der Waals surface area contributed by atoms with E-state index < -0.39 is 11.8 Å². The van der Waals surface area contributed by atoms with Gasteiger partial charge in [0.05, 0.1) is 25.5 Å². The van der Waals surface area contributed by atoms with Gasteiger partial charge in [0.25, 0.3) is 0 Å². The molecule has 2 heterocycles. The maximum atomic E-state index is 13.1. The fourth-order valence-corrected chi connectivity index (χ4v) is 1.78. The molecule has 0 atom stereocenters. The Morgan fingerprint density at radius 2 is 2.26 bits per heavy atom. The van der Waals surface area contributed by atoms with E-state index in [0.29, 0.717) is 24.2 Å². The first-order valence-electron chi connectivity index (χ1n) is 5.75. The average molecular weight is 264 g/mol. The van der Waals surface area contributed by atoms with Gasteiger partial charge in [-0.3, -0.25) is 4.98 Å². The average Bonchev–Trinajstić information content (AvgIpc) is 2.80. The van der Waals surface area contributed by atoms with Crippen LogP contribution in [0.4, 0.5) is 4.39 Å². The molecule has 6 nitrogen and oxygen atoms in total. The first-order valence-corrected chi connectivity index (χ1v) is 5.75. The number of rotatable bonds is 4. The number of halogens is 1. The lowest BCUT2D eigenvalue weighted by Crippen LogP contribution is -2.10. The lowest BCUT2D eigenvalue weighted by Gasteiger charge is -2.05. The minimum Gasteiger partial charge on any atom is -0.464 e. The minimum absolute atomic E-state index is 0.189. The van der Waals surface area contributed by atoms with Crippen LogP contribution in [0.2, 0.25) is 0 Å². The fourth-order valence-electron chi connectivity index (χ4n) is 1.78. The van der Waals surface area contributed by atoms with Gasteiger partial charge in [0.15, 0.2) is 5.69 Å². The summed E-state index contributed by atoms with van der Waals surface area (Å²) in [5, 5.41) is 7.70. The summed E-state index contributed by atoms with van der Waals surface area (Å²) in [6.45, 7) is 2.18. The molecule has 0 aliphatic heterocycles. The number of pyridine rings is 1. The molecule has 0 saturated heterocycles. The second kappa shape index (κ2) is 5.55. The third kappa shape index (κ3) is 2.75. The van der Waals surface area contributed by atoms with E-state index in [0.717, 1.165) is 6.20 Å². The van der Waals surface area contributed by atoms with Gasteiger partial charge in [0, 0.05) is 6.20 Å². The van der Waals surface area contributed by atoms with E-state index in [-0.39, 0.29) is 5.69 Å². The van der Waals surface area contributed by atoms with Crippen molar-refractivity contribution in [2.75, 3.05) is 7.11 Å². The van der Waals surface area contributed by atoms with Crippen LogP contribution in [0, 0.1) is 5.82 Å². The Labute approximate surface area is 109 Å². The maximum absolute atomic E-state index is 13.1. The molecule has 7 heteroatoms. The number of methoxy groups -OCH3 is 1. The molecular formula is C12H13FN4O2. The van der Waals surface area contributed by atoms with Gasteiger partial charge in [-0.2, -0.15) is 0 Å². The van der Waals surface area contributed by atoms with Crippen molar-refractivity contribution in [2.45, 2.75) is 19.9 Å². The largest absolute Gasteiger partial charge is 0.464 e. The summed E-state index contributed by atoms with van der Waals surface area (Å²) in [5.41, 5.74) is 1.49. The van der Waals surface area contributed by atoms with Crippen molar-refractivity contribution in [3.8, 4) is 0 Å². The fraction of sp³-hybridized carbons (Fsp3) is 0.333. The van der Waals surface area contributed by atoms with Crippen LogP contribution in [0.1, 0.15) is 28.7 Å². The van der Waals surface area contributed by atoms with E-state index in [9.17, 15) is 9.18 Å². The van der Waals surface area contributed by atoms with Gasteiger partial charge in [0.2, 0.25) is 0 Å². The SMILES string of the molecule is CCc1c(C(=O)OC)nnn1Cc1cncc(F)c1. The first kappa shape index (κ1) is 13.1. The van der Waals surface area contributed by atoms with Gasteiger partial charge in [-0.25, -0.2) is 13.9 Å². The zero-order valence-corrected chi connectivity index (χ0v) is 10.6. The van der Waals surface area contributed by atoms with Crippen molar-refractivity contribution in [1.29, 1.82) is 0 Å². The van der Waals surface area contributed by atoms with Crippen molar-refractivity contribution in [3.63, 3.8) is 0 Å². The first-order chi connectivity index (χ1) is 9.15. The number of carbonyl (C=O) groups excluding carboxylic acids is 1. The Morgan fingerprint density at radius 3 is 2.89 bits per heavy atom. The van der Waals surface area contributed by atoms with Gasteiger partial charge in [-0.05, 0) is 18.1 Å². The van der Waals surface area contributed by atoms with E-state index in [1.807, 2.05) is 6.92 Å². The summed E-state index contributed by atoms with van der Waals surface area (Å²) < 4.78 is 19.2. The standard InChI is InChI=1S/C12H13FN4O2/c1-3-10-11(12(18)19-2)15-16-17(10)7-8-4-9(13)6-14-5-8/h4-6H,3,7H2,1-2H3. The van der Waals surface area contributed by atoms with Crippen molar-refractivity contribution in [1.82, 2.24) is 20.0 Å². The van der Waals surface area contributed by atoms with Crippen LogP contribution in [0.5, 0.6) is 0 Å². The monoisotopic (exact) mass is 264 g/mol. The van der Waals surface area contributed by atoms with Crippen LogP contribution in [0.25, 0.3) is 0 Å². The molecule has 0 radical (unpaired) electrons. The van der Waals surface area contributed by atoms with E-state index >= 15 is 0 Å². The Kier molecular flexibility index (Phi) is 3.84. The molecule has 0 saturated carbocycles. The molecule has 0 spiro atoms. The second-order valence-electron chi connectivity index (χ2n) is 3.90. The third-order valence-corrected chi connectivity index (χ3v) is 2.65. The van der Waals surface area contributed by atoms with Crippen LogP contribution >= 0.6 is 0 Å². The molecule has 0 aromatic carbocycles. The summed E-state index contributed by atoms with van der Waals surface area (Å²) >= 11 is 0. The second-order valence-corrected chi connectivity index (χ2v) is 3.90. The number of carbonyl (C=O) groups is 1. The molecule has 0 unspecified atom stereocenters. The smallest absolute Gasteiger partial charge is 0.360 e. The molecule has 2 rings (SSSR count). The molecule has 0 fully saturated rings. The summed E-state index contributed by atoms with van der Waals surface area (Å²) in [5.74, 6) is -0.940. The highest BCUT2D eigenvalue weighted by atomic mass is 19.1. The number of ether oxygens (including phenoxy) is 1. The lowest BCUT2D eigenvalue weighted by molar-refractivity contribution is 0.0592. The van der Waals surface area contributed by atoms with Crippen LogP contribution < -0.4 is 0 Å². The number of hydrogen-bond acceptors (Lipinski definition) is 5. The van der Waals surface area contributed by atoms with E-state index in [4.69, 9.17) is 0 Å². The van der Waals surface area contributed by atoms with E-state index in [2.05, 4.69) is 20.0 Å². The maximum Gasteiger partial charge on any atom is 0.360 e. The number of aromatic nitrogens is 4. The normalized spacial score (nSPS) is 10.5. The molecule has 0 aliphatic carbocycles. The predicted octanol–water partition coefficient (Wildman–Crippen LogP) is 1.21. The number of hydrogen-bond donors (Lipinski definition) is 0. The molecule has 0 aliphatic rings. The Hall–Kier alpha value is -2.31. The van der Waals surface area contributed by atoms with Crippen molar-refractivity contribution >= 4 is 5.97 Å². The zero-order valence-electron chi connectivity index (χ0n) is 10.6. The van der Waals surface area contributed by atoms with Crippen LogP contribution in [0.3, 0.4) is 0 Å². The molecule has 2 aromatic rings. The van der Waals surface area contributed by atoms with Crippen molar-refractivity contribution in [2.24, 2.45) is 0 Å². The summed E-state index contributed by atoms with van der Waals surface area (Å²) in [6, 6.07) is 1.37. The molecule has 0 N–H and O–H groups in total. The van der Waals surface area contributed by atoms with Gasteiger partial charge in [-0.1, -0.05) is 12.1 Å². The Bertz CT molecular complexity index is 597. The van der Waals surface area contributed by atoms with Crippen molar-refractivity contribution in [3.05, 3.63) is 41.2 Å². The van der Waals surface area contributed by atoms with Crippen LogP contribution in [0.15, 0.2) is 18.5 Å². The summed E-state index contributed by atoms with van der Waals surface area (Å²) in [7, 11) is 1.29. The molecule has 0 amide bonds. The molecule has 0 bridgehead atoms. The van der Waals surface area contributed by atoms with Gasteiger partial charge in [-0.15, -0.1) is 5.10 Å². The zero-order chi connectivity index (χ0) is 13.8. The third-order valence-electron chi connectivity index (χ3n) is 2.65. The number of esters is 1. The highest BCUT2D eigenvalue weighted by Gasteiger charge is 2.18. The van der Waals surface area contributed by atoms with Gasteiger partial charge >= 0.3 is 5.97 Å². The van der Waals surface area contributed by atoms with Crippen molar-refractivity contribution < 1.29 is 13.9 Å². The molecule has 2 aromatic heterocycles. The summed E-state index contributed by atoms with van der Waals surface area (Å²) in [6.07, 6.45) is 3.24. The van der Waals surface area contributed by atoms with E-state index in [1.165, 1.54) is 13.2 Å². The van der Waals surface area contributed by atoms with Gasteiger partial charge in [0.1, 0.15) is 5.82 Å². The lowest BCUT2D eigenvalue weighted by atomic mass is 10.2. The highest BCUT2D eigenvalue weighted by Crippen LogP contribution is 2.11. The number of nitrogens with zero attached hydrogens (tertiary/aromatic N) is 4. The Balaban J connectivity index is 2.30. The van der Waals surface area contributed by atoms with Crippen LogP contribution in [-0.2, 0) is 17.7 Å². The van der Waals surface area contributed by atoms with Gasteiger partial charge < -0.3 is 4.74 Å². The minimum atomic E-state index is -0.527. The van der Waals surface area contributed by atoms with Crippen LogP contribution in [-0.4, -0.2) is 33.1 Å². The molecule has 19 heavy (non-hydrogen) atoms.